The Labute approximate surface area is 144 Å². The molecule has 1 aliphatic carbocycles. The third kappa shape index (κ3) is 4.01. The molecule has 7 heteroatoms. The summed E-state index contributed by atoms with van der Waals surface area (Å²) in [5, 5.41) is 0. The van der Waals surface area contributed by atoms with E-state index in [0.29, 0.717) is 11.4 Å². The molecule has 0 heterocycles. The lowest BCUT2D eigenvalue weighted by Gasteiger charge is -2.33. The predicted molar refractivity (Wildman–Crippen MR) is 94.8 cm³/mol. The molecule has 0 aromatic heterocycles. The second-order valence-corrected chi connectivity index (χ2v) is 8.18. The molecular formula is C17H26N2O4S. The maximum Gasteiger partial charge on any atom is 0.246 e. The van der Waals surface area contributed by atoms with Gasteiger partial charge < -0.3 is 9.64 Å². The number of benzene rings is 1. The van der Waals surface area contributed by atoms with E-state index in [2.05, 4.69) is 0 Å². The van der Waals surface area contributed by atoms with Crippen molar-refractivity contribution in [1.29, 1.82) is 0 Å². The van der Waals surface area contributed by atoms with Crippen LogP contribution in [0.25, 0.3) is 0 Å². The number of methoxy groups -OCH3 is 1. The van der Waals surface area contributed by atoms with E-state index in [1.54, 1.807) is 50.2 Å². The number of anilines is 1. The fourth-order valence-electron chi connectivity index (χ4n) is 3.30. The Hall–Kier alpha value is -1.76. The van der Waals surface area contributed by atoms with Crippen molar-refractivity contribution in [2.45, 2.75) is 44.7 Å². The number of hydrogen-bond acceptors (Lipinski definition) is 4. The van der Waals surface area contributed by atoms with Gasteiger partial charge in [0, 0.05) is 13.1 Å². The largest absolute Gasteiger partial charge is 0.497 e. The molecular weight excluding hydrogens is 328 g/mol. The minimum atomic E-state index is -3.59. The predicted octanol–water partition coefficient (Wildman–Crippen LogP) is 2.25. The highest BCUT2D eigenvalue weighted by atomic mass is 32.2. The zero-order valence-electron chi connectivity index (χ0n) is 14.7. The molecule has 0 spiro atoms. The molecule has 0 aliphatic heterocycles. The lowest BCUT2D eigenvalue weighted by Crippen LogP contribution is -2.50. The third-order valence-electron chi connectivity index (χ3n) is 4.61. The van der Waals surface area contributed by atoms with E-state index in [4.69, 9.17) is 4.74 Å². The van der Waals surface area contributed by atoms with Gasteiger partial charge in [-0.2, -0.15) is 0 Å². The van der Waals surface area contributed by atoms with Crippen molar-refractivity contribution in [3.8, 4) is 5.75 Å². The number of likely N-dealkylation sites (N-methyl/N-ethyl adjacent to an activating group) is 1. The van der Waals surface area contributed by atoms with E-state index < -0.39 is 16.1 Å². The molecule has 1 aromatic rings. The van der Waals surface area contributed by atoms with Crippen LogP contribution in [0.15, 0.2) is 24.3 Å². The molecule has 0 radical (unpaired) electrons. The quantitative estimate of drug-likeness (QED) is 0.786. The van der Waals surface area contributed by atoms with Crippen LogP contribution in [-0.4, -0.2) is 51.7 Å². The molecule has 24 heavy (non-hydrogen) atoms. The molecule has 2 rings (SSSR count). The van der Waals surface area contributed by atoms with Gasteiger partial charge in [-0.15, -0.1) is 0 Å². The highest BCUT2D eigenvalue weighted by molar-refractivity contribution is 7.92. The number of amides is 1. The first-order valence-electron chi connectivity index (χ1n) is 8.16. The third-order valence-corrected chi connectivity index (χ3v) is 5.86. The fraction of sp³-hybridized carbons (Fsp3) is 0.588. The zero-order chi connectivity index (χ0) is 17.9. The van der Waals surface area contributed by atoms with E-state index in [1.807, 2.05) is 0 Å². The first-order chi connectivity index (χ1) is 11.3. The zero-order valence-corrected chi connectivity index (χ0v) is 15.5. The van der Waals surface area contributed by atoms with Crippen LogP contribution in [0, 0.1) is 0 Å². The van der Waals surface area contributed by atoms with Crippen LogP contribution in [0.4, 0.5) is 5.69 Å². The molecule has 0 bridgehead atoms. The number of rotatable bonds is 6. The minimum absolute atomic E-state index is 0.178. The van der Waals surface area contributed by atoms with Crippen LogP contribution >= 0.6 is 0 Å². The highest BCUT2D eigenvalue weighted by Gasteiger charge is 2.33. The lowest BCUT2D eigenvalue weighted by atomic mass is 10.2. The normalized spacial score (nSPS) is 16.7. The number of hydrogen-bond donors (Lipinski definition) is 0. The van der Waals surface area contributed by atoms with E-state index in [9.17, 15) is 13.2 Å². The Morgan fingerprint density at radius 3 is 2.21 bits per heavy atom. The minimum Gasteiger partial charge on any atom is -0.497 e. The molecule has 134 valence electrons. The monoisotopic (exact) mass is 354 g/mol. The van der Waals surface area contributed by atoms with Crippen molar-refractivity contribution in [2.24, 2.45) is 0 Å². The maximum atomic E-state index is 12.8. The molecule has 1 saturated carbocycles. The molecule has 1 fully saturated rings. The molecule has 1 aromatic carbocycles. The summed E-state index contributed by atoms with van der Waals surface area (Å²) in [6, 6.07) is 6.09. The Morgan fingerprint density at radius 1 is 1.21 bits per heavy atom. The van der Waals surface area contributed by atoms with Gasteiger partial charge in [0.25, 0.3) is 0 Å². The lowest BCUT2D eigenvalue weighted by molar-refractivity contribution is -0.132. The number of carbonyl (C=O) groups is 1. The molecule has 0 unspecified atom stereocenters. The van der Waals surface area contributed by atoms with Crippen molar-refractivity contribution in [3.05, 3.63) is 24.3 Å². The van der Waals surface area contributed by atoms with Crippen LogP contribution < -0.4 is 9.04 Å². The molecule has 6 nitrogen and oxygen atoms in total. The van der Waals surface area contributed by atoms with Gasteiger partial charge in [0.2, 0.25) is 15.9 Å². The average Bonchev–Trinajstić information content (AvgIpc) is 3.07. The summed E-state index contributed by atoms with van der Waals surface area (Å²) in [4.78, 5) is 14.5. The van der Waals surface area contributed by atoms with Gasteiger partial charge in [0.1, 0.15) is 11.8 Å². The summed E-state index contributed by atoms with van der Waals surface area (Å²) in [5.41, 5.74) is 0.457. The summed E-state index contributed by atoms with van der Waals surface area (Å²) in [6.07, 6.45) is 5.32. The van der Waals surface area contributed by atoms with Crippen molar-refractivity contribution >= 4 is 21.6 Å². The highest BCUT2D eigenvalue weighted by Crippen LogP contribution is 2.27. The Bertz CT molecular complexity index is 666. The van der Waals surface area contributed by atoms with Crippen LogP contribution in [0.2, 0.25) is 0 Å². The summed E-state index contributed by atoms with van der Waals surface area (Å²) >= 11 is 0. The molecule has 0 saturated heterocycles. The van der Waals surface area contributed by atoms with Gasteiger partial charge >= 0.3 is 0 Å². The molecule has 0 N–H and O–H groups in total. The summed E-state index contributed by atoms with van der Waals surface area (Å²) < 4.78 is 30.9. The van der Waals surface area contributed by atoms with E-state index in [-0.39, 0.29) is 11.9 Å². The first kappa shape index (κ1) is 18.6. The SMILES string of the molecule is COc1ccc(N([C@@H](C)C(=O)N(C)C2CCCC2)S(C)(=O)=O)cc1. The Morgan fingerprint density at radius 2 is 1.75 bits per heavy atom. The second kappa shape index (κ2) is 7.42. The van der Waals surface area contributed by atoms with Crippen LogP contribution in [0.1, 0.15) is 32.6 Å². The number of ether oxygens (including phenoxy) is 1. The van der Waals surface area contributed by atoms with Crippen molar-refractivity contribution in [1.82, 2.24) is 4.90 Å². The van der Waals surface area contributed by atoms with Crippen LogP contribution in [0.5, 0.6) is 5.75 Å². The van der Waals surface area contributed by atoms with Gasteiger partial charge in [-0.25, -0.2) is 8.42 Å². The Balaban J connectivity index is 2.27. The fourth-order valence-corrected chi connectivity index (χ4v) is 4.47. The molecule has 1 amide bonds. The summed E-state index contributed by atoms with van der Waals surface area (Å²) in [6.45, 7) is 1.64. The second-order valence-electron chi connectivity index (χ2n) is 6.32. The molecule has 1 atom stereocenters. The number of sulfonamides is 1. The van der Waals surface area contributed by atoms with E-state index in [1.165, 1.54) is 4.31 Å². The maximum absolute atomic E-state index is 12.8. The van der Waals surface area contributed by atoms with Gasteiger partial charge in [-0.3, -0.25) is 9.10 Å². The van der Waals surface area contributed by atoms with Gasteiger partial charge in [0.05, 0.1) is 19.1 Å². The smallest absolute Gasteiger partial charge is 0.246 e. The standard InChI is InChI=1S/C17H26N2O4S/c1-13(17(20)18(2)14-7-5-6-8-14)19(24(4,21)22)15-9-11-16(23-3)12-10-15/h9-14H,5-8H2,1-4H3/t13-/m0/s1. The Kier molecular flexibility index (Phi) is 5.74. The number of carbonyl (C=O) groups excluding carboxylic acids is 1. The summed E-state index contributed by atoms with van der Waals surface area (Å²) in [7, 11) is -0.279. The van der Waals surface area contributed by atoms with Crippen molar-refractivity contribution in [3.63, 3.8) is 0 Å². The van der Waals surface area contributed by atoms with E-state index >= 15 is 0 Å². The topological polar surface area (TPSA) is 66.9 Å². The number of nitrogens with zero attached hydrogens (tertiary/aromatic N) is 2. The van der Waals surface area contributed by atoms with Crippen molar-refractivity contribution in [2.75, 3.05) is 24.7 Å². The van der Waals surface area contributed by atoms with Gasteiger partial charge in [-0.1, -0.05) is 12.8 Å². The van der Waals surface area contributed by atoms with Crippen LogP contribution in [0.3, 0.4) is 0 Å². The van der Waals surface area contributed by atoms with Gasteiger partial charge in [0.15, 0.2) is 0 Å². The van der Waals surface area contributed by atoms with Gasteiger partial charge in [-0.05, 0) is 44.0 Å². The van der Waals surface area contributed by atoms with Crippen molar-refractivity contribution < 1.29 is 17.9 Å². The molecule has 1 aliphatic rings. The van der Waals surface area contributed by atoms with E-state index in [0.717, 1.165) is 31.9 Å². The van der Waals surface area contributed by atoms with Crippen LogP contribution in [-0.2, 0) is 14.8 Å². The summed E-state index contributed by atoms with van der Waals surface area (Å²) in [5.74, 6) is 0.456. The first-order valence-corrected chi connectivity index (χ1v) is 10.0. The average molecular weight is 354 g/mol.